The molecule has 0 saturated carbocycles. The quantitative estimate of drug-likeness (QED) is 0.922. The molecule has 19 heavy (non-hydrogen) atoms. The van der Waals surface area contributed by atoms with Crippen LogP contribution in [0.1, 0.15) is 24.6 Å². The summed E-state index contributed by atoms with van der Waals surface area (Å²) in [7, 11) is 4.31. The lowest BCUT2D eigenvalue weighted by atomic mass is 9.95. The van der Waals surface area contributed by atoms with Crippen LogP contribution in [0, 0.1) is 0 Å². The van der Waals surface area contributed by atoms with E-state index in [-0.39, 0.29) is 4.75 Å². The van der Waals surface area contributed by atoms with Crippen molar-refractivity contribution >= 4 is 22.7 Å². The largest absolute Gasteiger partial charge is 0.357 e. The van der Waals surface area contributed by atoms with Gasteiger partial charge >= 0.3 is 0 Å². The van der Waals surface area contributed by atoms with Crippen molar-refractivity contribution in [2.75, 3.05) is 26.4 Å². The summed E-state index contributed by atoms with van der Waals surface area (Å²) in [6.07, 6.45) is 2.39. The smallest absolute Gasteiger partial charge is 0.0545 e. The number of para-hydroxylation sites is 1. The molecule has 1 aromatic heterocycles. The number of nitrogens with zero attached hydrogens (tertiary/aromatic N) is 1. The standard InChI is InChI=1S/C16H22N2S/c1-16(9-10-18(2)3)15-13(8-11-19-16)12-6-4-5-7-14(12)17-15/h4-7,17H,8-11H2,1-3H3. The van der Waals surface area contributed by atoms with Crippen LogP contribution >= 0.6 is 11.8 Å². The number of benzene rings is 1. The van der Waals surface area contributed by atoms with Crippen LogP contribution in [-0.2, 0) is 11.2 Å². The Morgan fingerprint density at radius 1 is 1.32 bits per heavy atom. The Kier molecular flexibility index (Phi) is 3.35. The maximum Gasteiger partial charge on any atom is 0.0545 e. The predicted octanol–water partition coefficient (Wildman–Crippen LogP) is 3.62. The summed E-state index contributed by atoms with van der Waals surface area (Å²) in [6.45, 7) is 3.53. The Balaban J connectivity index is 2.04. The van der Waals surface area contributed by atoms with Gasteiger partial charge in [0.1, 0.15) is 0 Å². The molecule has 0 spiro atoms. The van der Waals surface area contributed by atoms with E-state index < -0.39 is 0 Å². The van der Waals surface area contributed by atoms with Crippen LogP contribution in [0.4, 0.5) is 0 Å². The molecule has 3 heteroatoms. The Bertz CT molecular complexity index is 587. The van der Waals surface area contributed by atoms with Gasteiger partial charge < -0.3 is 9.88 Å². The van der Waals surface area contributed by atoms with Crippen molar-refractivity contribution in [2.45, 2.75) is 24.5 Å². The van der Waals surface area contributed by atoms with Gasteiger partial charge in [0.25, 0.3) is 0 Å². The van der Waals surface area contributed by atoms with Crippen LogP contribution in [0.3, 0.4) is 0 Å². The molecule has 0 fully saturated rings. The van der Waals surface area contributed by atoms with Crippen molar-refractivity contribution in [2.24, 2.45) is 0 Å². The Hall–Kier alpha value is -0.930. The number of aryl methyl sites for hydroxylation is 1. The highest BCUT2D eigenvalue weighted by Crippen LogP contribution is 2.46. The van der Waals surface area contributed by atoms with Crippen molar-refractivity contribution in [1.82, 2.24) is 9.88 Å². The third kappa shape index (κ3) is 2.30. The number of hydrogen-bond acceptors (Lipinski definition) is 2. The third-order valence-corrected chi connectivity index (χ3v) is 5.60. The lowest BCUT2D eigenvalue weighted by Gasteiger charge is -2.34. The third-order valence-electron chi connectivity index (χ3n) is 4.15. The fourth-order valence-electron chi connectivity index (χ4n) is 3.00. The number of thioether (sulfide) groups is 1. The first-order valence-corrected chi connectivity index (χ1v) is 7.97. The Morgan fingerprint density at radius 3 is 2.89 bits per heavy atom. The van der Waals surface area contributed by atoms with Crippen molar-refractivity contribution in [3.8, 4) is 0 Å². The molecule has 1 aromatic carbocycles. The molecule has 2 heterocycles. The summed E-state index contributed by atoms with van der Waals surface area (Å²) in [4.78, 5) is 5.97. The lowest BCUT2D eigenvalue weighted by molar-refractivity contribution is 0.373. The number of hydrogen-bond donors (Lipinski definition) is 1. The van der Waals surface area contributed by atoms with Crippen LogP contribution in [-0.4, -0.2) is 36.3 Å². The first-order chi connectivity index (χ1) is 9.10. The number of rotatable bonds is 3. The lowest BCUT2D eigenvalue weighted by Crippen LogP contribution is -2.29. The van der Waals surface area contributed by atoms with E-state index in [1.807, 2.05) is 0 Å². The van der Waals surface area contributed by atoms with Gasteiger partial charge in [-0.05, 0) is 57.8 Å². The van der Waals surface area contributed by atoms with Gasteiger partial charge in [-0.3, -0.25) is 0 Å². The molecule has 0 aliphatic carbocycles. The van der Waals surface area contributed by atoms with Gasteiger partial charge in [0, 0.05) is 16.6 Å². The first-order valence-electron chi connectivity index (χ1n) is 6.99. The second-order valence-corrected chi connectivity index (χ2v) is 7.50. The molecule has 102 valence electrons. The molecule has 1 aliphatic heterocycles. The van der Waals surface area contributed by atoms with Gasteiger partial charge in [-0.15, -0.1) is 11.8 Å². The van der Waals surface area contributed by atoms with Gasteiger partial charge in [0.15, 0.2) is 0 Å². The van der Waals surface area contributed by atoms with E-state index in [2.05, 4.69) is 66.9 Å². The highest BCUT2D eigenvalue weighted by atomic mass is 32.2. The second kappa shape index (κ2) is 4.88. The predicted molar refractivity (Wildman–Crippen MR) is 85.0 cm³/mol. The van der Waals surface area contributed by atoms with E-state index in [0.29, 0.717) is 0 Å². The van der Waals surface area contributed by atoms with Gasteiger partial charge in [-0.25, -0.2) is 0 Å². The maximum absolute atomic E-state index is 3.69. The summed E-state index contributed by atoms with van der Waals surface area (Å²) in [6, 6.07) is 8.72. The normalized spacial score (nSPS) is 22.9. The molecule has 2 aromatic rings. The fraction of sp³-hybridized carbons (Fsp3) is 0.500. The number of aromatic amines is 1. The molecule has 1 atom stereocenters. The van der Waals surface area contributed by atoms with Crippen LogP contribution in [0.5, 0.6) is 0 Å². The highest BCUT2D eigenvalue weighted by molar-refractivity contribution is 8.00. The maximum atomic E-state index is 3.69. The van der Waals surface area contributed by atoms with Crippen molar-refractivity contribution < 1.29 is 0 Å². The molecule has 3 rings (SSSR count). The summed E-state index contributed by atoms with van der Waals surface area (Å²) < 4.78 is 0.233. The number of aromatic nitrogens is 1. The molecule has 0 saturated heterocycles. The number of nitrogens with one attached hydrogen (secondary N) is 1. The molecule has 1 unspecified atom stereocenters. The van der Waals surface area contributed by atoms with E-state index in [1.165, 1.54) is 35.2 Å². The molecular formula is C16H22N2S. The second-order valence-electron chi connectivity index (χ2n) is 5.91. The zero-order chi connectivity index (χ0) is 13.5. The van der Waals surface area contributed by atoms with Crippen LogP contribution in [0.15, 0.2) is 24.3 Å². The highest BCUT2D eigenvalue weighted by Gasteiger charge is 2.35. The van der Waals surface area contributed by atoms with E-state index in [9.17, 15) is 0 Å². The van der Waals surface area contributed by atoms with E-state index in [4.69, 9.17) is 0 Å². The van der Waals surface area contributed by atoms with Crippen LogP contribution < -0.4 is 0 Å². The topological polar surface area (TPSA) is 19.0 Å². The minimum Gasteiger partial charge on any atom is -0.357 e. The van der Waals surface area contributed by atoms with Crippen molar-refractivity contribution in [3.05, 3.63) is 35.5 Å². The zero-order valence-electron chi connectivity index (χ0n) is 12.0. The van der Waals surface area contributed by atoms with Crippen molar-refractivity contribution in [1.29, 1.82) is 0 Å². The average molecular weight is 274 g/mol. The van der Waals surface area contributed by atoms with E-state index >= 15 is 0 Å². The SMILES string of the molecule is CN(C)CCC1(C)SCCc2c1[nH]c1ccccc21. The minimum atomic E-state index is 0.233. The van der Waals surface area contributed by atoms with Crippen LogP contribution in [0.2, 0.25) is 0 Å². The van der Waals surface area contributed by atoms with Crippen molar-refractivity contribution in [3.63, 3.8) is 0 Å². The summed E-state index contributed by atoms with van der Waals surface area (Å²) in [5.74, 6) is 1.23. The van der Waals surface area contributed by atoms with Crippen LogP contribution in [0.25, 0.3) is 10.9 Å². The molecule has 0 bridgehead atoms. The fourth-order valence-corrected chi connectivity index (χ4v) is 4.31. The molecule has 0 radical (unpaired) electrons. The molecule has 0 amide bonds. The number of H-pyrrole nitrogens is 1. The summed E-state index contributed by atoms with van der Waals surface area (Å²) in [5, 5.41) is 1.42. The Labute approximate surface area is 119 Å². The molecule has 1 N–H and O–H groups in total. The molecular weight excluding hydrogens is 252 g/mol. The number of fused-ring (bicyclic) bond motifs is 3. The molecule has 1 aliphatic rings. The van der Waals surface area contributed by atoms with E-state index in [0.717, 1.165) is 6.54 Å². The summed E-state index contributed by atoms with van der Waals surface area (Å²) >= 11 is 2.11. The molecule has 2 nitrogen and oxygen atoms in total. The van der Waals surface area contributed by atoms with Gasteiger partial charge in [-0.2, -0.15) is 0 Å². The van der Waals surface area contributed by atoms with Gasteiger partial charge in [0.05, 0.1) is 4.75 Å². The Morgan fingerprint density at radius 2 is 2.11 bits per heavy atom. The summed E-state index contributed by atoms with van der Waals surface area (Å²) in [5.41, 5.74) is 4.31. The monoisotopic (exact) mass is 274 g/mol. The average Bonchev–Trinajstić information content (AvgIpc) is 2.78. The van der Waals surface area contributed by atoms with Gasteiger partial charge in [0.2, 0.25) is 0 Å². The van der Waals surface area contributed by atoms with E-state index in [1.54, 1.807) is 5.56 Å². The zero-order valence-corrected chi connectivity index (χ0v) is 12.8. The minimum absolute atomic E-state index is 0.233. The first kappa shape index (κ1) is 13.1. The van der Waals surface area contributed by atoms with Gasteiger partial charge in [-0.1, -0.05) is 18.2 Å².